The standard InChI is InChI=1S/C12H19BrN2OS/c1-9-8-10(17-11(9)13)12(16)14-6-4-5-7-15(2)3/h8H,4-7H2,1-3H3,(H,14,16). The van der Waals surface area contributed by atoms with Gasteiger partial charge >= 0.3 is 0 Å². The third kappa shape index (κ3) is 5.19. The van der Waals surface area contributed by atoms with Gasteiger partial charge in [-0.15, -0.1) is 11.3 Å². The molecule has 0 unspecified atom stereocenters. The van der Waals surface area contributed by atoms with Crippen LogP contribution >= 0.6 is 27.3 Å². The lowest BCUT2D eigenvalue weighted by atomic mass is 10.3. The van der Waals surface area contributed by atoms with Crippen molar-refractivity contribution in [1.29, 1.82) is 0 Å². The molecule has 1 aromatic rings. The Bertz CT molecular complexity index is 357. The van der Waals surface area contributed by atoms with Crippen molar-refractivity contribution in [2.45, 2.75) is 19.8 Å². The molecule has 0 radical (unpaired) electrons. The molecule has 5 heteroatoms. The number of halogens is 1. The van der Waals surface area contributed by atoms with Crippen molar-refractivity contribution in [3.05, 3.63) is 20.3 Å². The molecule has 1 aromatic heterocycles. The van der Waals surface area contributed by atoms with Crippen LogP contribution in [0.2, 0.25) is 0 Å². The number of hydrogen-bond acceptors (Lipinski definition) is 3. The van der Waals surface area contributed by atoms with E-state index in [1.807, 2.05) is 13.0 Å². The second kappa shape index (κ2) is 7.13. The zero-order chi connectivity index (χ0) is 12.8. The number of unbranched alkanes of at least 4 members (excludes halogenated alkanes) is 1. The summed E-state index contributed by atoms with van der Waals surface area (Å²) in [6.45, 7) is 3.81. The molecule has 0 aromatic carbocycles. The number of amides is 1. The van der Waals surface area contributed by atoms with Crippen molar-refractivity contribution < 1.29 is 4.79 Å². The fraction of sp³-hybridized carbons (Fsp3) is 0.583. The van der Waals surface area contributed by atoms with Crippen molar-refractivity contribution in [2.24, 2.45) is 0 Å². The molecular weight excluding hydrogens is 300 g/mol. The number of aryl methyl sites for hydroxylation is 1. The molecule has 1 rings (SSSR count). The van der Waals surface area contributed by atoms with Crippen LogP contribution in [0.5, 0.6) is 0 Å². The number of nitrogens with one attached hydrogen (secondary N) is 1. The molecule has 1 amide bonds. The van der Waals surface area contributed by atoms with Crippen LogP contribution in [0.4, 0.5) is 0 Å². The Balaban J connectivity index is 2.26. The maximum Gasteiger partial charge on any atom is 0.261 e. The first-order chi connectivity index (χ1) is 8.00. The number of carbonyl (C=O) groups excluding carboxylic acids is 1. The van der Waals surface area contributed by atoms with Gasteiger partial charge in [-0.25, -0.2) is 0 Å². The summed E-state index contributed by atoms with van der Waals surface area (Å²) in [5.74, 6) is 0.0358. The highest BCUT2D eigenvalue weighted by molar-refractivity contribution is 9.11. The highest BCUT2D eigenvalue weighted by Gasteiger charge is 2.10. The van der Waals surface area contributed by atoms with Crippen LogP contribution in [0.3, 0.4) is 0 Å². The number of hydrogen-bond donors (Lipinski definition) is 1. The first-order valence-corrected chi connectivity index (χ1v) is 7.30. The predicted octanol–water partition coefficient (Wildman–Crippen LogP) is 2.89. The fourth-order valence-electron chi connectivity index (χ4n) is 1.41. The number of carbonyl (C=O) groups is 1. The van der Waals surface area contributed by atoms with Gasteiger partial charge in [-0.3, -0.25) is 4.79 Å². The summed E-state index contributed by atoms with van der Waals surface area (Å²) in [5.41, 5.74) is 1.12. The van der Waals surface area contributed by atoms with Gasteiger partial charge < -0.3 is 10.2 Å². The van der Waals surface area contributed by atoms with Gasteiger partial charge in [0.1, 0.15) is 0 Å². The molecule has 0 atom stereocenters. The maximum absolute atomic E-state index is 11.8. The SMILES string of the molecule is Cc1cc(C(=O)NCCCCN(C)C)sc1Br. The van der Waals surface area contributed by atoms with E-state index >= 15 is 0 Å². The largest absolute Gasteiger partial charge is 0.351 e. The van der Waals surface area contributed by atoms with Gasteiger partial charge in [-0.2, -0.15) is 0 Å². The van der Waals surface area contributed by atoms with Gasteiger partial charge in [-0.1, -0.05) is 0 Å². The molecular formula is C12H19BrN2OS. The number of thiophene rings is 1. The normalized spacial score (nSPS) is 10.9. The van der Waals surface area contributed by atoms with Gasteiger partial charge in [0.15, 0.2) is 0 Å². The van der Waals surface area contributed by atoms with E-state index in [0.29, 0.717) is 0 Å². The molecule has 1 N–H and O–H groups in total. The second-order valence-electron chi connectivity index (χ2n) is 4.33. The lowest BCUT2D eigenvalue weighted by Crippen LogP contribution is -2.24. The van der Waals surface area contributed by atoms with E-state index in [4.69, 9.17) is 0 Å². The summed E-state index contributed by atoms with van der Waals surface area (Å²) >= 11 is 4.91. The van der Waals surface area contributed by atoms with Crippen LogP contribution in [-0.4, -0.2) is 38.0 Å². The molecule has 0 bridgehead atoms. The Morgan fingerprint density at radius 2 is 2.18 bits per heavy atom. The van der Waals surface area contributed by atoms with Crippen molar-refractivity contribution >= 4 is 33.2 Å². The predicted molar refractivity (Wildman–Crippen MR) is 76.9 cm³/mol. The zero-order valence-electron chi connectivity index (χ0n) is 10.5. The zero-order valence-corrected chi connectivity index (χ0v) is 12.9. The molecule has 3 nitrogen and oxygen atoms in total. The molecule has 0 saturated carbocycles. The van der Waals surface area contributed by atoms with Crippen LogP contribution in [0, 0.1) is 6.92 Å². The molecule has 0 aliphatic rings. The molecule has 1 heterocycles. The maximum atomic E-state index is 11.8. The third-order valence-corrected chi connectivity index (χ3v) is 4.53. The minimum atomic E-state index is 0.0358. The van der Waals surface area contributed by atoms with Crippen LogP contribution in [0.25, 0.3) is 0 Å². The number of rotatable bonds is 6. The molecule has 0 aliphatic heterocycles. The average Bonchev–Trinajstić information content (AvgIpc) is 2.58. The van der Waals surface area contributed by atoms with Gasteiger partial charge in [0.05, 0.1) is 8.66 Å². The monoisotopic (exact) mass is 318 g/mol. The Kier molecular flexibility index (Phi) is 6.16. The Hall–Kier alpha value is -0.390. The van der Waals surface area contributed by atoms with Crippen molar-refractivity contribution in [2.75, 3.05) is 27.2 Å². The molecule has 0 fully saturated rings. The molecule has 0 saturated heterocycles. The van der Waals surface area contributed by atoms with Crippen LogP contribution in [0.1, 0.15) is 28.1 Å². The van der Waals surface area contributed by atoms with Gasteiger partial charge in [0.2, 0.25) is 0 Å². The highest BCUT2D eigenvalue weighted by Crippen LogP contribution is 2.27. The lowest BCUT2D eigenvalue weighted by molar-refractivity contribution is 0.0957. The summed E-state index contributed by atoms with van der Waals surface area (Å²) in [4.78, 5) is 14.7. The summed E-state index contributed by atoms with van der Waals surface area (Å²) in [6.07, 6.45) is 2.13. The van der Waals surface area contributed by atoms with Crippen molar-refractivity contribution in [3.63, 3.8) is 0 Å². The summed E-state index contributed by atoms with van der Waals surface area (Å²) in [7, 11) is 4.12. The first kappa shape index (κ1) is 14.7. The minimum Gasteiger partial charge on any atom is -0.351 e. The molecule has 0 aliphatic carbocycles. The average molecular weight is 319 g/mol. The van der Waals surface area contributed by atoms with Crippen LogP contribution in [-0.2, 0) is 0 Å². The Morgan fingerprint density at radius 1 is 1.47 bits per heavy atom. The molecule has 0 spiro atoms. The van der Waals surface area contributed by atoms with E-state index in [0.717, 1.165) is 40.2 Å². The summed E-state index contributed by atoms with van der Waals surface area (Å²) in [6, 6.07) is 1.92. The topological polar surface area (TPSA) is 32.3 Å². The van der Waals surface area contributed by atoms with E-state index in [-0.39, 0.29) is 5.91 Å². The van der Waals surface area contributed by atoms with Crippen LogP contribution < -0.4 is 5.32 Å². The Morgan fingerprint density at radius 3 is 2.71 bits per heavy atom. The first-order valence-electron chi connectivity index (χ1n) is 5.69. The second-order valence-corrected chi connectivity index (χ2v) is 6.70. The lowest BCUT2D eigenvalue weighted by Gasteiger charge is -2.08. The third-order valence-electron chi connectivity index (χ3n) is 2.40. The van der Waals surface area contributed by atoms with Gasteiger partial charge in [-0.05, 0) is 68.0 Å². The molecule has 96 valence electrons. The Labute approximate surface area is 115 Å². The summed E-state index contributed by atoms with van der Waals surface area (Å²) in [5, 5.41) is 2.95. The van der Waals surface area contributed by atoms with Gasteiger partial charge in [0.25, 0.3) is 5.91 Å². The van der Waals surface area contributed by atoms with Crippen LogP contribution in [0.15, 0.2) is 9.85 Å². The van der Waals surface area contributed by atoms with Crippen molar-refractivity contribution in [1.82, 2.24) is 10.2 Å². The van der Waals surface area contributed by atoms with E-state index < -0.39 is 0 Å². The van der Waals surface area contributed by atoms with Gasteiger partial charge in [0, 0.05) is 6.54 Å². The quantitative estimate of drug-likeness (QED) is 0.818. The fourth-order valence-corrected chi connectivity index (χ4v) is 2.87. The summed E-state index contributed by atoms with van der Waals surface area (Å²) < 4.78 is 1.04. The smallest absolute Gasteiger partial charge is 0.261 e. The minimum absolute atomic E-state index is 0.0358. The van der Waals surface area contributed by atoms with E-state index in [9.17, 15) is 4.79 Å². The van der Waals surface area contributed by atoms with E-state index in [1.165, 1.54) is 11.3 Å². The van der Waals surface area contributed by atoms with Crippen molar-refractivity contribution in [3.8, 4) is 0 Å². The number of nitrogens with zero attached hydrogens (tertiary/aromatic N) is 1. The van der Waals surface area contributed by atoms with E-state index in [2.05, 4.69) is 40.2 Å². The molecule has 17 heavy (non-hydrogen) atoms. The van der Waals surface area contributed by atoms with E-state index in [1.54, 1.807) is 0 Å². The highest BCUT2D eigenvalue weighted by atomic mass is 79.9.